The highest BCUT2D eigenvalue weighted by molar-refractivity contribution is 5.74. The van der Waals surface area contributed by atoms with Crippen LogP contribution in [0.3, 0.4) is 0 Å². The molecule has 13 heavy (non-hydrogen) atoms. The number of aryl methyl sites for hydroxylation is 1. The lowest BCUT2D eigenvalue weighted by atomic mass is 10.1. The van der Waals surface area contributed by atoms with Crippen molar-refractivity contribution in [1.82, 2.24) is 0 Å². The van der Waals surface area contributed by atoms with Crippen LogP contribution in [0, 0.1) is 0 Å². The molecule has 1 rings (SSSR count). The molecule has 0 saturated heterocycles. The summed E-state index contributed by atoms with van der Waals surface area (Å²) in [5.74, 6) is 0. The van der Waals surface area contributed by atoms with E-state index in [-0.39, 0.29) is 6.61 Å². The van der Waals surface area contributed by atoms with Crippen molar-refractivity contribution >= 4 is 6.29 Å². The summed E-state index contributed by atoms with van der Waals surface area (Å²) in [4.78, 5) is 10.3. The maximum absolute atomic E-state index is 10.3. The Hall–Kier alpha value is -1.15. The third-order valence-corrected chi connectivity index (χ3v) is 1.99. The fraction of sp³-hybridized carbons (Fsp3) is 0.364. The Kier molecular flexibility index (Phi) is 4.19. The third kappa shape index (κ3) is 3.38. The Labute approximate surface area is 78.2 Å². The molecule has 1 N–H and O–H groups in total. The van der Waals surface area contributed by atoms with E-state index < -0.39 is 0 Å². The topological polar surface area (TPSA) is 37.3 Å². The average Bonchev–Trinajstić information content (AvgIpc) is 2.19. The van der Waals surface area contributed by atoms with Gasteiger partial charge in [0.25, 0.3) is 0 Å². The number of aliphatic hydroxyl groups excluding tert-OH is 1. The molecule has 0 unspecified atom stereocenters. The number of aldehydes is 1. The Bertz CT molecular complexity index is 251. The summed E-state index contributed by atoms with van der Waals surface area (Å²) in [6.07, 6.45) is 3.66. The van der Waals surface area contributed by atoms with Gasteiger partial charge in [-0.25, -0.2) is 0 Å². The van der Waals surface area contributed by atoms with Crippen molar-refractivity contribution in [2.75, 3.05) is 6.61 Å². The molecule has 0 aliphatic heterocycles. The number of benzene rings is 1. The van der Waals surface area contributed by atoms with Crippen LogP contribution in [0.15, 0.2) is 24.3 Å². The van der Waals surface area contributed by atoms with Crippen LogP contribution in [0.5, 0.6) is 0 Å². The largest absolute Gasteiger partial charge is 0.396 e. The van der Waals surface area contributed by atoms with Gasteiger partial charge in [0.2, 0.25) is 0 Å². The van der Waals surface area contributed by atoms with Crippen LogP contribution in [0.4, 0.5) is 0 Å². The highest BCUT2D eigenvalue weighted by Gasteiger charge is 1.93. The van der Waals surface area contributed by atoms with E-state index in [1.54, 1.807) is 0 Å². The summed E-state index contributed by atoms with van der Waals surface area (Å²) in [5.41, 5.74) is 1.94. The summed E-state index contributed by atoms with van der Waals surface area (Å²) in [6, 6.07) is 7.56. The van der Waals surface area contributed by atoms with Crippen LogP contribution < -0.4 is 0 Å². The van der Waals surface area contributed by atoms with E-state index in [2.05, 4.69) is 0 Å². The van der Waals surface area contributed by atoms with Gasteiger partial charge in [0.15, 0.2) is 0 Å². The van der Waals surface area contributed by atoms with E-state index >= 15 is 0 Å². The Morgan fingerprint density at radius 3 is 2.38 bits per heavy atom. The summed E-state index contributed by atoms with van der Waals surface area (Å²) >= 11 is 0. The van der Waals surface area contributed by atoms with Gasteiger partial charge in [0.05, 0.1) is 0 Å². The highest BCUT2D eigenvalue weighted by Crippen LogP contribution is 2.06. The molecule has 0 aliphatic rings. The number of carbonyl (C=O) groups excluding carboxylic acids is 1. The van der Waals surface area contributed by atoms with Gasteiger partial charge in [-0.1, -0.05) is 24.3 Å². The van der Waals surface area contributed by atoms with Crippen molar-refractivity contribution in [3.63, 3.8) is 0 Å². The molecular weight excluding hydrogens is 164 g/mol. The number of hydrogen-bond acceptors (Lipinski definition) is 2. The monoisotopic (exact) mass is 178 g/mol. The zero-order chi connectivity index (χ0) is 9.52. The first-order valence-electron chi connectivity index (χ1n) is 4.52. The van der Waals surface area contributed by atoms with Crippen LogP contribution in [-0.2, 0) is 6.42 Å². The summed E-state index contributed by atoms with van der Waals surface area (Å²) in [7, 11) is 0. The molecular formula is C11H14O2. The smallest absolute Gasteiger partial charge is 0.150 e. The second kappa shape index (κ2) is 5.49. The van der Waals surface area contributed by atoms with Gasteiger partial charge in [-0.2, -0.15) is 0 Å². The lowest BCUT2D eigenvalue weighted by Gasteiger charge is -1.99. The van der Waals surface area contributed by atoms with Gasteiger partial charge in [0.1, 0.15) is 6.29 Å². The molecule has 0 aliphatic carbocycles. The van der Waals surface area contributed by atoms with Crippen molar-refractivity contribution in [2.24, 2.45) is 0 Å². The lowest BCUT2D eigenvalue weighted by molar-refractivity contribution is 0.112. The summed E-state index contributed by atoms with van der Waals surface area (Å²) in [6.45, 7) is 0.256. The second-order valence-electron chi connectivity index (χ2n) is 3.04. The van der Waals surface area contributed by atoms with Gasteiger partial charge in [-0.3, -0.25) is 4.79 Å². The molecule has 0 fully saturated rings. The van der Waals surface area contributed by atoms with Crippen LogP contribution in [-0.4, -0.2) is 18.0 Å². The van der Waals surface area contributed by atoms with Crippen LogP contribution in [0.2, 0.25) is 0 Å². The zero-order valence-electron chi connectivity index (χ0n) is 7.57. The normalized spacial score (nSPS) is 9.92. The number of aliphatic hydroxyl groups is 1. The molecule has 0 atom stereocenters. The van der Waals surface area contributed by atoms with Crippen molar-refractivity contribution in [3.05, 3.63) is 35.4 Å². The molecule has 1 aromatic rings. The molecule has 0 spiro atoms. The molecule has 0 aromatic heterocycles. The predicted molar refractivity (Wildman–Crippen MR) is 51.9 cm³/mol. The Morgan fingerprint density at radius 1 is 1.15 bits per heavy atom. The van der Waals surface area contributed by atoms with Gasteiger partial charge >= 0.3 is 0 Å². The van der Waals surface area contributed by atoms with E-state index in [0.717, 1.165) is 25.5 Å². The molecule has 2 heteroatoms. The van der Waals surface area contributed by atoms with Crippen molar-refractivity contribution in [1.29, 1.82) is 0 Å². The Morgan fingerprint density at radius 2 is 1.85 bits per heavy atom. The fourth-order valence-corrected chi connectivity index (χ4v) is 1.20. The van der Waals surface area contributed by atoms with Crippen molar-refractivity contribution in [2.45, 2.75) is 19.3 Å². The standard InChI is InChI=1S/C11H14O2/c12-8-2-1-3-10-4-6-11(9-13)7-5-10/h4-7,9,12H,1-3,8H2. The second-order valence-corrected chi connectivity index (χ2v) is 3.04. The first kappa shape index (κ1) is 9.93. The zero-order valence-corrected chi connectivity index (χ0v) is 7.57. The average molecular weight is 178 g/mol. The summed E-state index contributed by atoms with van der Waals surface area (Å²) in [5, 5.41) is 8.58. The molecule has 0 radical (unpaired) electrons. The maximum Gasteiger partial charge on any atom is 0.150 e. The quantitative estimate of drug-likeness (QED) is 0.551. The predicted octanol–water partition coefficient (Wildman–Crippen LogP) is 1.81. The minimum Gasteiger partial charge on any atom is -0.396 e. The minimum atomic E-state index is 0.256. The SMILES string of the molecule is O=Cc1ccc(CCCCO)cc1. The Balaban J connectivity index is 2.44. The maximum atomic E-state index is 10.3. The molecule has 70 valence electrons. The van der Waals surface area contributed by atoms with Crippen LogP contribution >= 0.6 is 0 Å². The van der Waals surface area contributed by atoms with Crippen LogP contribution in [0.1, 0.15) is 28.8 Å². The van der Waals surface area contributed by atoms with Crippen molar-refractivity contribution in [3.8, 4) is 0 Å². The number of hydrogen-bond donors (Lipinski definition) is 1. The van der Waals surface area contributed by atoms with Gasteiger partial charge in [0, 0.05) is 12.2 Å². The minimum absolute atomic E-state index is 0.256. The lowest BCUT2D eigenvalue weighted by Crippen LogP contribution is -1.89. The van der Waals surface area contributed by atoms with Gasteiger partial charge in [-0.05, 0) is 24.8 Å². The number of unbranched alkanes of at least 4 members (excludes halogenated alkanes) is 1. The van der Waals surface area contributed by atoms with Crippen LogP contribution in [0.25, 0.3) is 0 Å². The highest BCUT2D eigenvalue weighted by atomic mass is 16.2. The number of rotatable bonds is 5. The van der Waals surface area contributed by atoms with E-state index in [1.165, 1.54) is 5.56 Å². The molecule has 0 amide bonds. The molecule has 1 aromatic carbocycles. The molecule has 2 nitrogen and oxygen atoms in total. The molecule has 0 bridgehead atoms. The van der Waals surface area contributed by atoms with E-state index in [0.29, 0.717) is 5.56 Å². The third-order valence-electron chi connectivity index (χ3n) is 1.99. The first-order valence-corrected chi connectivity index (χ1v) is 4.52. The molecule has 0 heterocycles. The first-order chi connectivity index (χ1) is 6.36. The number of carbonyl (C=O) groups is 1. The summed E-state index contributed by atoms with van der Waals surface area (Å²) < 4.78 is 0. The van der Waals surface area contributed by atoms with E-state index in [9.17, 15) is 4.79 Å². The molecule has 0 saturated carbocycles. The fourth-order valence-electron chi connectivity index (χ4n) is 1.20. The van der Waals surface area contributed by atoms with E-state index in [4.69, 9.17) is 5.11 Å². The van der Waals surface area contributed by atoms with Gasteiger partial charge in [-0.15, -0.1) is 0 Å². The van der Waals surface area contributed by atoms with E-state index in [1.807, 2.05) is 24.3 Å². The van der Waals surface area contributed by atoms with Crippen molar-refractivity contribution < 1.29 is 9.90 Å². The van der Waals surface area contributed by atoms with Gasteiger partial charge < -0.3 is 5.11 Å².